The Bertz CT molecular complexity index is 1360. The van der Waals surface area contributed by atoms with Gasteiger partial charge in [0, 0.05) is 37.2 Å². The SMILES string of the molecule is Cc1cc(C(=O)N2CCN(c3nc4nc(Cl)ccc4o3)CC2)ccc1-n1cnc(C(C)(C)C)n1. The average Bonchev–Trinajstić information content (AvgIpc) is 3.46. The Morgan fingerprint density at radius 2 is 1.82 bits per heavy atom. The van der Waals surface area contributed by atoms with Crippen LogP contribution in [0.5, 0.6) is 0 Å². The highest BCUT2D eigenvalue weighted by Crippen LogP contribution is 2.24. The van der Waals surface area contributed by atoms with Crippen molar-refractivity contribution in [1.82, 2.24) is 29.6 Å². The van der Waals surface area contributed by atoms with Crippen LogP contribution in [0, 0.1) is 6.92 Å². The Morgan fingerprint density at radius 1 is 1.06 bits per heavy atom. The minimum Gasteiger partial charge on any atom is -0.422 e. The normalized spacial score (nSPS) is 14.7. The Morgan fingerprint density at radius 3 is 2.50 bits per heavy atom. The Hall–Kier alpha value is -3.46. The molecule has 0 aliphatic carbocycles. The first-order valence-corrected chi connectivity index (χ1v) is 11.6. The van der Waals surface area contributed by atoms with E-state index in [2.05, 4.69) is 40.8 Å². The Kier molecular flexibility index (Phi) is 5.51. The molecule has 0 atom stereocenters. The zero-order valence-electron chi connectivity index (χ0n) is 19.6. The van der Waals surface area contributed by atoms with Crippen LogP contribution in [-0.2, 0) is 5.41 Å². The average molecular weight is 480 g/mol. The van der Waals surface area contributed by atoms with Crippen LogP contribution in [0.3, 0.4) is 0 Å². The molecular weight excluding hydrogens is 454 g/mol. The smallest absolute Gasteiger partial charge is 0.300 e. The Balaban J connectivity index is 1.27. The number of hydrogen-bond acceptors (Lipinski definition) is 7. The molecule has 1 saturated heterocycles. The third-order valence-electron chi connectivity index (χ3n) is 5.90. The number of nitrogens with zero attached hydrogens (tertiary/aromatic N) is 7. The fourth-order valence-electron chi connectivity index (χ4n) is 3.97. The van der Waals surface area contributed by atoms with Gasteiger partial charge in [0.05, 0.1) is 5.69 Å². The van der Waals surface area contributed by atoms with Crippen molar-refractivity contribution in [2.24, 2.45) is 0 Å². The highest BCUT2D eigenvalue weighted by atomic mass is 35.5. The molecule has 4 heterocycles. The second-order valence-corrected chi connectivity index (χ2v) is 9.88. The van der Waals surface area contributed by atoms with Crippen molar-refractivity contribution in [2.45, 2.75) is 33.1 Å². The number of benzene rings is 1. The second kappa shape index (κ2) is 8.39. The molecule has 34 heavy (non-hydrogen) atoms. The lowest BCUT2D eigenvalue weighted by molar-refractivity contribution is 0.0745. The number of pyridine rings is 1. The third kappa shape index (κ3) is 4.23. The molecule has 0 bridgehead atoms. The molecule has 0 radical (unpaired) electrons. The van der Waals surface area contributed by atoms with Crippen LogP contribution in [0.25, 0.3) is 16.9 Å². The summed E-state index contributed by atoms with van der Waals surface area (Å²) in [5.74, 6) is 0.789. The summed E-state index contributed by atoms with van der Waals surface area (Å²) in [5.41, 5.74) is 3.49. The van der Waals surface area contributed by atoms with Gasteiger partial charge in [0.15, 0.2) is 11.4 Å². The number of hydrogen-bond donors (Lipinski definition) is 0. The molecular formula is C24H26ClN7O2. The summed E-state index contributed by atoms with van der Waals surface area (Å²) in [7, 11) is 0. The van der Waals surface area contributed by atoms with Crippen LogP contribution in [0.4, 0.5) is 6.01 Å². The molecule has 4 aromatic rings. The summed E-state index contributed by atoms with van der Waals surface area (Å²) >= 11 is 5.94. The maximum absolute atomic E-state index is 13.2. The van der Waals surface area contributed by atoms with Gasteiger partial charge in [0.1, 0.15) is 11.5 Å². The number of aromatic nitrogens is 5. The van der Waals surface area contributed by atoms with Gasteiger partial charge >= 0.3 is 0 Å². The number of anilines is 1. The monoisotopic (exact) mass is 479 g/mol. The summed E-state index contributed by atoms with van der Waals surface area (Å²) in [5, 5.41) is 4.99. The largest absolute Gasteiger partial charge is 0.422 e. The fraction of sp³-hybridized carbons (Fsp3) is 0.375. The molecule has 1 fully saturated rings. The molecule has 176 valence electrons. The fourth-order valence-corrected chi connectivity index (χ4v) is 4.11. The van der Waals surface area contributed by atoms with Gasteiger partial charge in [0.25, 0.3) is 11.9 Å². The van der Waals surface area contributed by atoms with E-state index < -0.39 is 0 Å². The predicted octanol–water partition coefficient (Wildman–Crippen LogP) is 4.03. The molecule has 5 rings (SSSR count). The maximum atomic E-state index is 13.2. The lowest BCUT2D eigenvalue weighted by atomic mass is 9.96. The first kappa shape index (κ1) is 22.3. The van der Waals surface area contributed by atoms with E-state index in [1.807, 2.05) is 34.9 Å². The van der Waals surface area contributed by atoms with Crippen LogP contribution in [0.2, 0.25) is 5.15 Å². The van der Waals surface area contributed by atoms with Crippen molar-refractivity contribution in [3.63, 3.8) is 0 Å². The first-order chi connectivity index (χ1) is 16.2. The van der Waals surface area contributed by atoms with E-state index in [1.54, 1.807) is 23.1 Å². The van der Waals surface area contributed by atoms with Gasteiger partial charge in [0.2, 0.25) is 5.65 Å². The van der Waals surface area contributed by atoms with Crippen LogP contribution in [0.15, 0.2) is 41.1 Å². The van der Waals surface area contributed by atoms with Crippen LogP contribution in [0.1, 0.15) is 42.5 Å². The van der Waals surface area contributed by atoms with Crippen molar-refractivity contribution in [2.75, 3.05) is 31.1 Å². The number of piperazine rings is 1. The van der Waals surface area contributed by atoms with E-state index in [4.69, 9.17) is 16.0 Å². The molecule has 0 N–H and O–H groups in total. The highest BCUT2D eigenvalue weighted by molar-refractivity contribution is 6.29. The van der Waals surface area contributed by atoms with Gasteiger partial charge in [-0.05, 0) is 42.8 Å². The topological polar surface area (TPSA) is 93.2 Å². The Labute approximate surface area is 202 Å². The molecule has 9 nitrogen and oxygen atoms in total. The number of carbonyl (C=O) groups excluding carboxylic acids is 1. The summed E-state index contributed by atoms with van der Waals surface area (Å²) in [4.78, 5) is 30.1. The van der Waals surface area contributed by atoms with E-state index in [-0.39, 0.29) is 11.3 Å². The van der Waals surface area contributed by atoms with E-state index in [0.717, 1.165) is 17.1 Å². The number of carbonyl (C=O) groups is 1. The van der Waals surface area contributed by atoms with Crippen molar-refractivity contribution >= 4 is 34.8 Å². The molecule has 1 aliphatic rings. The van der Waals surface area contributed by atoms with Gasteiger partial charge in [-0.2, -0.15) is 10.1 Å². The second-order valence-electron chi connectivity index (χ2n) is 9.50. The lowest BCUT2D eigenvalue weighted by Crippen LogP contribution is -2.49. The quantitative estimate of drug-likeness (QED) is 0.409. The summed E-state index contributed by atoms with van der Waals surface area (Å²) in [6, 6.07) is 9.63. The van der Waals surface area contributed by atoms with Crippen molar-refractivity contribution < 1.29 is 9.21 Å². The van der Waals surface area contributed by atoms with Gasteiger partial charge in [-0.1, -0.05) is 32.4 Å². The van der Waals surface area contributed by atoms with Gasteiger partial charge < -0.3 is 14.2 Å². The summed E-state index contributed by atoms with van der Waals surface area (Å²) in [6.45, 7) is 10.6. The molecule has 3 aromatic heterocycles. The van der Waals surface area contributed by atoms with Crippen LogP contribution < -0.4 is 4.90 Å². The van der Waals surface area contributed by atoms with Gasteiger partial charge in [-0.3, -0.25) is 4.79 Å². The molecule has 10 heteroatoms. The van der Waals surface area contributed by atoms with Gasteiger partial charge in [-0.25, -0.2) is 14.6 Å². The van der Waals surface area contributed by atoms with E-state index in [0.29, 0.717) is 54.1 Å². The third-order valence-corrected chi connectivity index (χ3v) is 6.11. The molecule has 0 saturated carbocycles. The lowest BCUT2D eigenvalue weighted by Gasteiger charge is -2.33. The molecule has 1 amide bonds. The number of fused-ring (bicyclic) bond motifs is 1. The first-order valence-electron chi connectivity index (χ1n) is 11.2. The number of halogens is 1. The zero-order chi connectivity index (χ0) is 24.0. The maximum Gasteiger partial charge on any atom is 0.300 e. The van der Waals surface area contributed by atoms with Crippen molar-refractivity contribution in [3.8, 4) is 5.69 Å². The highest BCUT2D eigenvalue weighted by Gasteiger charge is 2.26. The van der Waals surface area contributed by atoms with Crippen molar-refractivity contribution in [3.05, 3.63) is 58.8 Å². The molecule has 0 spiro atoms. The molecule has 0 unspecified atom stereocenters. The van der Waals surface area contributed by atoms with Crippen LogP contribution in [-0.4, -0.2) is 61.7 Å². The number of rotatable bonds is 3. The summed E-state index contributed by atoms with van der Waals surface area (Å²) < 4.78 is 7.58. The predicted molar refractivity (Wildman–Crippen MR) is 130 cm³/mol. The van der Waals surface area contributed by atoms with Gasteiger partial charge in [-0.15, -0.1) is 0 Å². The molecule has 1 aromatic carbocycles. The number of aryl methyl sites for hydroxylation is 1. The molecule has 1 aliphatic heterocycles. The number of oxazole rings is 1. The standard InChI is InChI=1S/C24H26ClN7O2/c1-15-13-16(5-6-17(15)32-14-26-22(29-32)24(2,3)4)21(33)30-9-11-31(12-10-30)23-28-20-18(34-23)7-8-19(25)27-20/h5-8,13-14H,9-12H2,1-4H3. The van der Waals surface area contributed by atoms with E-state index in [1.165, 1.54) is 0 Å². The van der Waals surface area contributed by atoms with Crippen LogP contribution >= 0.6 is 11.6 Å². The number of amides is 1. The minimum atomic E-state index is -0.126. The van der Waals surface area contributed by atoms with E-state index >= 15 is 0 Å². The summed E-state index contributed by atoms with van der Waals surface area (Å²) in [6.07, 6.45) is 1.72. The van der Waals surface area contributed by atoms with Crippen molar-refractivity contribution in [1.29, 1.82) is 0 Å². The zero-order valence-corrected chi connectivity index (χ0v) is 20.4. The van der Waals surface area contributed by atoms with E-state index in [9.17, 15) is 4.79 Å². The minimum absolute atomic E-state index is 0.00860.